The molecule has 0 aliphatic carbocycles. The third-order valence-electron chi connectivity index (χ3n) is 3.35. The van der Waals surface area contributed by atoms with Gasteiger partial charge in [-0.1, -0.05) is 6.07 Å². The molecule has 0 atom stereocenters. The summed E-state index contributed by atoms with van der Waals surface area (Å²) in [5.41, 5.74) is 1.56. The molecule has 0 bridgehead atoms. The van der Waals surface area contributed by atoms with E-state index in [4.69, 9.17) is 4.74 Å². The molecule has 0 saturated carbocycles. The van der Waals surface area contributed by atoms with Crippen LogP contribution in [0.4, 0.5) is 4.39 Å². The summed E-state index contributed by atoms with van der Waals surface area (Å²) in [5, 5.41) is 9.29. The summed E-state index contributed by atoms with van der Waals surface area (Å²) in [4.78, 5) is 15.4. The molecule has 102 valence electrons. The number of nitriles is 1. The molecule has 4 nitrogen and oxygen atoms in total. The predicted octanol–water partition coefficient (Wildman–Crippen LogP) is 2.95. The minimum Gasteiger partial charge on any atom is -0.496 e. The van der Waals surface area contributed by atoms with Gasteiger partial charge in [0.2, 0.25) is 0 Å². The lowest BCUT2D eigenvalue weighted by Crippen LogP contribution is -2.00. The van der Waals surface area contributed by atoms with Crippen LogP contribution in [0.2, 0.25) is 0 Å². The van der Waals surface area contributed by atoms with Crippen molar-refractivity contribution in [3.63, 3.8) is 0 Å². The normalized spacial score (nSPS) is 12.1. The second-order valence-electron chi connectivity index (χ2n) is 4.44. The van der Waals surface area contributed by atoms with E-state index in [1.54, 1.807) is 6.07 Å². The lowest BCUT2D eigenvalue weighted by molar-refractivity contribution is 0.101. The Morgan fingerprint density at radius 2 is 2.05 bits per heavy atom. The summed E-state index contributed by atoms with van der Waals surface area (Å²) >= 11 is 0. The topological polar surface area (TPSA) is 62.4 Å². The third-order valence-corrected chi connectivity index (χ3v) is 3.35. The first-order valence-corrected chi connectivity index (χ1v) is 6.15. The van der Waals surface area contributed by atoms with E-state index in [0.717, 1.165) is 0 Å². The van der Waals surface area contributed by atoms with Crippen molar-refractivity contribution in [1.29, 1.82) is 5.26 Å². The standard InChI is InChI=1S/C16H9FN2O2/c1-21-13-4-2-3-12(17)15(13)14-9(7-18)5-6-10-11(14)8-19-16(10)20/h2-6,8H,1H3. The Hall–Kier alpha value is -3.00. The minimum atomic E-state index is -0.521. The van der Waals surface area contributed by atoms with Gasteiger partial charge in [-0.15, -0.1) is 0 Å². The zero-order valence-corrected chi connectivity index (χ0v) is 11.1. The fourth-order valence-corrected chi connectivity index (χ4v) is 2.41. The van der Waals surface area contributed by atoms with Gasteiger partial charge in [-0.2, -0.15) is 5.26 Å². The number of amides is 1. The van der Waals surface area contributed by atoms with E-state index in [-0.39, 0.29) is 11.1 Å². The van der Waals surface area contributed by atoms with Gasteiger partial charge < -0.3 is 4.74 Å². The van der Waals surface area contributed by atoms with Crippen molar-refractivity contribution >= 4 is 12.1 Å². The van der Waals surface area contributed by atoms with Crippen molar-refractivity contribution in [2.75, 3.05) is 7.11 Å². The van der Waals surface area contributed by atoms with E-state index < -0.39 is 11.7 Å². The maximum absolute atomic E-state index is 14.3. The fraction of sp³-hybridized carbons (Fsp3) is 0.0625. The highest BCUT2D eigenvalue weighted by atomic mass is 19.1. The maximum atomic E-state index is 14.3. The molecule has 0 N–H and O–H groups in total. The molecule has 0 saturated heterocycles. The van der Waals surface area contributed by atoms with Crippen LogP contribution in [0.25, 0.3) is 11.1 Å². The van der Waals surface area contributed by atoms with Crippen molar-refractivity contribution in [2.45, 2.75) is 0 Å². The first-order chi connectivity index (χ1) is 10.2. The third kappa shape index (κ3) is 1.89. The molecule has 0 spiro atoms. The molecule has 5 heteroatoms. The maximum Gasteiger partial charge on any atom is 0.277 e. The molecule has 21 heavy (non-hydrogen) atoms. The van der Waals surface area contributed by atoms with Crippen LogP contribution in [-0.4, -0.2) is 19.2 Å². The number of methoxy groups -OCH3 is 1. The average Bonchev–Trinajstić information content (AvgIpc) is 2.88. The second-order valence-corrected chi connectivity index (χ2v) is 4.44. The van der Waals surface area contributed by atoms with Gasteiger partial charge >= 0.3 is 0 Å². The van der Waals surface area contributed by atoms with Gasteiger partial charge in [0.1, 0.15) is 11.6 Å². The Labute approximate surface area is 120 Å². The predicted molar refractivity (Wildman–Crippen MR) is 75.0 cm³/mol. The van der Waals surface area contributed by atoms with Crippen LogP contribution in [-0.2, 0) is 0 Å². The molecule has 1 aliphatic rings. The zero-order chi connectivity index (χ0) is 15.0. The van der Waals surface area contributed by atoms with Gasteiger partial charge in [0.05, 0.1) is 29.9 Å². The molecule has 1 amide bonds. The molecule has 2 aromatic rings. The SMILES string of the molecule is COc1cccc(F)c1-c1c(C#N)ccc2c1C=NC2=O. The molecular weight excluding hydrogens is 271 g/mol. The molecule has 0 radical (unpaired) electrons. The van der Waals surface area contributed by atoms with Gasteiger partial charge in [0.15, 0.2) is 0 Å². The highest BCUT2D eigenvalue weighted by Gasteiger charge is 2.25. The van der Waals surface area contributed by atoms with Crippen molar-refractivity contribution in [2.24, 2.45) is 4.99 Å². The number of carbonyl (C=O) groups excluding carboxylic acids is 1. The molecule has 0 unspecified atom stereocenters. The molecular formula is C16H9FN2O2. The number of fused-ring (bicyclic) bond motifs is 1. The van der Waals surface area contributed by atoms with Crippen molar-refractivity contribution in [1.82, 2.24) is 0 Å². The quantitative estimate of drug-likeness (QED) is 0.849. The van der Waals surface area contributed by atoms with Gasteiger partial charge in [0, 0.05) is 17.3 Å². The summed E-state index contributed by atoms with van der Waals surface area (Å²) in [6.07, 6.45) is 1.36. The molecule has 1 heterocycles. The van der Waals surface area contributed by atoms with Crippen LogP contribution in [0, 0.1) is 17.1 Å². The summed E-state index contributed by atoms with van der Waals surface area (Å²) in [5.74, 6) is -0.620. The Balaban J connectivity index is 2.42. The van der Waals surface area contributed by atoms with E-state index in [0.29, 0.717) is 22.4 Å². The highest BCUT2D eigenvalue weighted by Crippen LogP contribution is 2.38. The molecule has 3 rings (SSSR count). The number of carbonyl (C=O) groups is 1. The zero-order valence-electron chi connectivity index (χ0n) is 11.1. The van der Waals surface area contributed by atoms with Crippen LogP contribution in [0.5, 0.6) is 5.75 Å². The lowest BCUT2D eigenvalue weighted by atomic mass is 9.91. The average molecular weight is 280 g/mol. The van der Waals surface area contributed by atoms with Gasteiger partial charge in [-0.25, -0.2) is 9.38 Å². The smallest absolute Gasteiger partial charge is 0.277 e. The second kappa shape index (κ2) is 4.84. The Kier molecular flexibility index (Phi) is 2.99. The molecule has 0 fully saturated rings. The van der Waals surface area contributed by atoms with Crippen LogP contribution in [0.3, 0.4) is 0 Å². The number of nitrogens with zero attached hydrogens (tertiary/aromatic N) is 2. The Bertz CT molecular complexity index is 835. The van der Waals surface area contributed by atoms with Gasteiger partial charge in [-0.3, -0.25) is 4.79 Å². The van der Waals surface area contributed by atoms with E-state index >= 15 is 0 Å². The first-order valence-electron chi connectivity index (χ1n) is 6.15. The number of hydrogen-bond acceptors (Lipinski definition) is 3. The van der Waals surface area contributed by atoms with Crippen LogP contribution in [0.1, 0.15) is 21.5 Å². The largest absolute Gasteiger partial charge is 0.496 e. The summed E-state index contributed by atoms with van der Waals surface area (Å²) in [6.45, 7) is 0. The lowest BCUT2D eigenvalue weighted by Gasteiger charge is -2.13. The van der Waals surface area contributed by atoms with Crippen LogP contribution in [0.15, 0.2) is 35.3 Å². The van der Waals surface area contributed by atoms with E-state index in [9.17, 15) is 14.4 Å². The fourth-order valence-electron chi connectivity index (χ4n) is 2.41. The van der Waals surface area contributed by atoms with Gasteiger partial charge in [-0.05, 0) is 24.3 Å². The first kappa shape index (κ1) is 13.0. The summed E-state index contributed by atoms with van der Waals surface area (Å²) in [7, 11) is 1.42. The number of ether oxygens (including phenoxy) is 1. The van der Waals surface area contributed by atoms with E-state index in [1.807, 2.05) is 6.07 Å². The Morgan fingerprint density at radius 3 is 2.76 bits per heavy atom. The highest BCUT2D eigenvalue weighted by molar-refractivity contribution is 6.16. The van der Waals surface area contributed by atoms with Crippen molar-refractivity contribution < 1.29 is 13.9 Å². The van der Waals surface area contributed by atoms with Crippen LogP contribution < -0.4 is 4.74 Å². The summed E-state index contributed by atoms with van der Waals surface area (Å²) in [6, 6.07) is 9.45. The van der Waals surface area contributed by atoms with E-state index in [2.05, 4.69) is 4.99 Å². The number of benzene rings is 2. The molecule has 0 aromatic heterocycles. The van der Waals surface area contributed by atoms with Gasteiger partial charge in [0.25, 0.3) is 5.91 Å². The number of halogens is 1. The minimum absolute atomic E-state index is 0.162. The van der Waals surface area contributed by atoms with E-state index in [1.165, 1.54) is 37.6 Å². The Morgan fingerprint density at radius 1 is 1.24 bits per heavy atom. The van der Waals surface area contributed by atoms with Crippen molar-refractivity contribution in [3.05, 3.63) is 52.8 Å². The molecule has 2 aromatic carbocycles. The number of aliphatic imine (C=N–C) groups is 1. The number of hydrogen-bond donors (Lipinski definition) is 0. The molecule has 1 aliphatic heterocycles. The monoisotopic (exact) mass is 280 g/mol. The summed E-state index contributed by atoms with van der Waals surface area (Å²) < 4.78 is 19.5. The number of rotatable bonds is 2. The van der Waals surface area contributed by atoms with Crippen molar-refractivity contribution in [3.8, 4) is 22.9 Å². The van der Waals surface area contributed by atoms with Crippen LogP contribution >= 0.6 is 0 Å².